The van der Waals surface area contributed by atoms with Gasteiger partial charge in [0, 0.05) is 19.0 Å². The second-order valence-corrected chi connectivity index (χ2v) is 4.76. The van der Waals surface area contributed by atoms with E-state index in [0.717, 1.165) is 18.5 Å². The van der Waals surface area contributed by atoms with Gasteiger partial charge >= 0.3 is 0 Å². The lowest BCUT2D eigenvalue weighted by molar-refractivity contribution is -0.121. The fraction of sp³-hybridized carbons (Fsp3) is 0.500. The summed E-state index contributed by atoms with van der Waals surface area (Å²) in [6.07, 6.45) is 2.92. The molecule has 100 valence electrons. The van der Waals surface area contributed by atoms with Gasteiger partial charge in [0.1, 0.15) is 0 Å². The highest BCUT2D eigenvalue weighted by Crippen LogP contribution is 2.08. The molecule has 1 amide bonds. The van der Waals surface area contributed by atoms with Crippen LogP contribution in [0.3, 0.4) is 0 Å². The fourth-order valence-corrected chi connectivity index (χ4v) is 2.25. The van der Waals surface area contributed by atoms with Gasteiger partial charge < -0.3 is 10.6 Å². The molecule has 1 saturated heterocycles. The third-order valence-corrected chi connectivity index (χ3v) is 3.17. The number of hydrogen-bond acceptors (Lipinski definition) is 2. The molecule has 1 aliphatic rings. The molecule has 0 aliphatic carbocycles. The Hall–Kier alpha value is -1.06. The van der Waals surface area contributed by atoms with Crippen LogP contribution in [0.5, 0.6) is 0 Å². The number of carbonyl (C=O) groups excluding carboxylic acids is 1. The summed E-state index contributed by atoms with van der Waals surface area (Å²) in [5, 5.41) is 6.31. The molecule has 2 N–H and O–H groups in total. The minimum Gasteiger partial charge on any atom is -0.352 e. The molecule has 0 radical (unpaired) electrons. The quantitative estimate of drug-likeness (QED) is 0.879. The van der Waals surface area contributed by atoms with Crippen molar-refractivity contribution in [2.24, 2.45) is 0 Å². The fourth-order valence-electron chi connectivity index (χ4n) is 2.25. The van der Waals surface area contributed by atoms with E-state index in [-0.39, 0.29) is 18.3 Å². The summed E-state index contributed by atoms with van der Waals surface area (Å²) in [6.45, 7) is 3.75. The molecule has 1 atom stereocenters. The highest BCUT2D eigenvalue weighted by Gasteiger charge is 2.17. The molecule has 1 heterocycles. The zero-order valence-electron chi connectivity index (χ0n) is 10.7. The third-order valence-electron chi connectivity index (χ3n) is 3.17. The summed E-state index contributed by atoms with van der Waals surface area (Å²) in [5.74, 6) is 0.144. The van der Waals surface area contributed by atoms with Crippen LogP contribution in [-0.2, 0) is 11.3 Å². The van der Waals surface area contributed by atoms with Gasteiger partial charge in [0.2, 0.25) is 5.91 Å². The molecule has 1 aliphatic heterocycles. The van der Waals surface area contributed by atoms with Crippen LogP contribution in [0.2, 0.25) is 0 Å². The average Bonchev–Trinajstić information content (AvgIpc) is 2.79. The van der Waals surface area contributed by atoms with Crippen molar-refractivity contribution in [1.29, 1.82) is 0 Å². The minimum absolute atomic E-state index is 0. The van der Waals surface area contributed by atoms with Gasteiger partial charge in [-0.1, -0.05) is 29.8 Å². The first-order valence-corrected chi connectivity index (χ1v) is 6.29. The van der Waals surface area contributed by atoms with Crippen LogP contribution in [0, 0.1) is 6.92 Å². The van der Waals surface area contributed by atoms with Crippen LogP contribution < -0.4 is 10.6 Å². The van der Waals surface area contributed by atoms with Crippen molar-refractivity contribution in [3.63, 3.8) is 0 Å². The van der Waals surface area contributed by atoms with E-state index in [1.807, 2.05) is 12.1 Å². The second kappa shape index (κ2) is 7.39. The second-order valence-electron chi connectivity index (χ2n) is 4.76. The summed E-state index contributed by atoms with van der Waals surface area (Å²) >= 11 is 0. The molecular formula is C14H21ClN2O. The van der Waals surface area contributed by atoms with Gasteiger partial charge in [-0.25, -0.2) is 0 Å². The standard InChI is InChI=1S/C14H20N2O.ClH/c1-11-4-2-5-12(8-11)10-16-14(17)9-13-6-3-7-15-13;/h2,4-5,8,13,15H,3,6-7,9-10H2,1H3,(H,16,17);1H. The Morgan fingerprint density at radius 2 is 2.33 bits per heavy atom. The number of hydrogen-bond donors (Lipinski definition) is 2. The third kappa shape index (κ3) is 4.67. The monoisotopic (exact) mass is 268 g/mol. The van der Waals surface area contributed by atoms with Crippen LogP contribution in [-0.4, -0.2) is 18.5 Å². The average molecular weight is 269 g/mol. The molecule has 3 nitrogen and oxygen atoms in total. The van der Waals surface area contributed by atoms with Crippen molar-refractivity contribution in [3.8, 4) is 0 Å². The molecule has 2 rings (SSSR count). The molecule has 4 heteroatoms. The van der Waals surface area contributed by atoms with E-state index >= 15 is 0 Å². The maximum atomic E-state index is 11.7. The summed E-state index contributed by atoms with van der Waals surface area (Å²) in [7, 11) is 0. The molecular weight excluding hydrogens is 248 g/mol. The number of nitrogens with one attached hydrogen (secondary N) is 2. The highest BCUT2D eigenvalue weighted by atomic mass is 35.5. The van der Waals surface area contributed by atoms with E-state index < -0.39 is 0 Å². The molecule has 1 unspecified atom stereocenters. The molecule has 18 heavy (non-hydrogen) atoms. The van der Waals surface area contributed by atoms with E-state index in [1.165, 1.54) is 12.0 Å². The van der Waals surface area contributed by atoms with Crippen molar-refractivity contribution < 1.29 is 4.79 Å². The number of halogens is 1. The van der Waals surface area contributed by atoms with Crippen LogP contribution >= 0.6 is 12.4 Å². The smallest absolute Gasteiger partial charge is 0.221 e. The van der Waals surface area contributed by atoms with Gasteiger partial charge in [-0.05, 0) is 31.9 Å². The van der Waals surface area contributed by atoms with Crippen LogP contribution in [0.4, 0.5) is 0 Å². The number of aryl methyl sites for hydroxylation is 1. The maximum Gasteiger partial charge on any atom is 0.221 e. The molecule has 0 bridgehead atoms. The van der Waals surface area contributed by atoms with Crippen molar-refractivity contribution in [2.45, 2.75) is 38.8 Å². The number of carbonyl (C=O) groups is 1. The first kappa shape index (κ1) is 15.0. The van der Waals surface area contributed by atoms with E-state index in [0.29, 0.717) is 19.0 Å². The Labute approximate surface area is 115 Å². The number of rotatable bonds is 4. The Morgan fingerprint density at radius 1 is 1.50 bits per heavy atom. The Morgan fingerprint density at radius 3 is 3.00 bits per heavy atom. The lowest BCUT2D eigenvalue weighted by Crippen LogP contribution is -2.31. The maximum absolute atomic E-state index is 11.7. The first-order chi connectivity index (χ1) is 8.24. The Kier molecular flexibility index (Phi) is 6.16. The van der Waals surface area contributed by atoms with Crippen molar-refractivity contribution in [1.82, 2.24) is 10.6 Å². The van der Waals surface area contributed by atoms with Gasteiger partial charge in [-0.3, -0.25) is 4.79 Å². The summed E-state index contributed by atoms with van der Waals surface area (Å²) < 4.78 is 0. The van der Waals surface area contributed by atoms with E-state index in [9.17, 15) is 4.79 Å². The summed E-state index contributed by atoms with van der Waals surface area (Å²) in [5.41, 5.74) is 2.40. The van der Waals surface area contributed by atoms with Crippen molar-refractivity contribution in [3.05, 3.63) is 35.4 Å². The van der Waals surface area contributed by atoms with Crippen LogP contribution in [0.1, 0.15) is 30.4 Å². The van der Waals surface area contributed by atoms with Crippen molar-refractivity contribution in [2.75, 3.05) is 6.54 Å². The van der Waals surface area contributed by atoms with E-state index in [2.05, 4.69) is 29.7 Å². The Balaban J connectivity index is 0.00000162. The minimum atomic E-state index is 0. The summed E-state index contributed by atoms with van der Waals surface area (Å²) in [6, 6.07) is 8.62. The van der Waals surface area contributed by atoms with Gasteiger partial charge in [-0.15, -0.1) is 12.4 Å². The largest absolute Gasteiger partial charge is 0.352 e. The van der Waals surface area contributed by atoms with Crippen LogP contribution in [0.15, 0.2) is 24.3 Å². The summed E-state index contributed by atoms with van der Waals surface area (Å²) in [4.78, 5) is 11.7. The molecule has 1 aromatic rings. The van der Waals surface area contributed by atoms with E-state index in [1.54, 1.807) is 0 Å². The SMILES string of the molecule is Cc1cccc(CNC(=O)CC2CCCN2)c1.Cl. The predicted octanol–water partition coefficient (Wildman–Crippen LogP) is 2.18. The number of amides is 1. The normalized spacial score (nSPS) is 18.2. The molecule has 1 aromatic carbocycles. The van der Waals surface area contributed by atoms with Gasteiger partial charge in [0.15, 0.2) is 0 Å². The molecule has 0 saturated carbocycles. The van der Waals surface area contributed by atoms with E-state index in [4.69, 9.17) is 0 Å². The zero-order chi connectivity index (χ0) is 12.1. The van der Waals surface area contributed by atoms with Gasteiger partial charge in [0.05, 0.1) is 0 Å². The first-order valence-electron chi connectivity index (χ1n) is 6.29. The Bertz CT molecular complexity index is 389. The molecule has 0 aromatic heterocycles. The van der Waals surface area contributed by atoms with Gasteiger partial charge in [0.25, 0.3) is 0 Å². The van der Waals surface area contributed by atoms with Gasteiger partial charge in [-0.2, -0.15) is 0 Å². The topological polar surface area (TPSA) is 41.1 Å². The lowest BCUT2D eigenvalue weighted by Gasteiger charge is -2.10. The lowest BCUT2D eigenvalue weighted by atomic mass is 10.1. The number of benzene rings is 1. The molecule has 0 spiro atoms. The molecule has 1 fully saturated rings. The predicted molar refractivity (Wildman–Crippen MR) is 75.9 cm³/mol. The highest BCUT2D eigenvalue weighted by molar-refractivity contribution is 5.85. The zero-order valence-corrected chi connectivity index (χ0v) is 11.6. The van der Waals surface area contributed by atoms with Crippen LogP contribution in [0.25, 0.3) is 0 Å². The van der Waals surface area contributed by atoms with Crippen molar-refractivity contribution >= 4 is 18.3 Å².